The number of hydrogen-bond acceptors (Lipinski definition) is 4. The van der Waals surface area contributed by atoms with Gasteiger partial charge in [0.15, 0.2) is 5.75 Å². The maximum atomic E-state index is 11.0. The predicted octanol–water partition coefficient (Wildman–Crippen LogP) is 0.202. The van der Waals surface area contributed by atoms with E-state index in [2.05, 4.69) is 5.48 Å². The number of nitrogens with one attached hydrogen (secondary N) is 1. The van der Waals surface area contributed by atoms with Crippen LogP contribution < -0.4 is 15.5 Å². The Kier molecular flexibility index (Phi) is 1.94. The number of benzene rings is 1. The van der Waals surface area contributed by atoms with Crippen LogP contribution in [0.1, 0.15) is 5.56 Å². The molecule has 74 valence electrons. The van der Waals surface area contributed by atoms with Gasteiger partial charge in [0, 0.05) is 11.8 Å². The van der Waals surface area contributed by atoms with E-state index in [1.165, 1.54) is 12.1 Å². The van der Waals surface area contributed by atoms with Gasteiger partial charge in [0.2, 0.25) is 10.0 Å². The highest BCUT2D eigenvalue weighted by Crippen LogP contribution is 2.24. The van der Waals surface area contributed by atoms with Gasteiger partial charge in [-0.2, -0.15) is 0 Å². The highest BCUT2D eigenvalue weighted by Gasteiger charge is 2.12. The summed E-state index contributed by atoms with van der Waals surface area (Å²) in [6.45, 7) is 0. The quantitative estimate of drug-likeness (QED) is 0.696. The molecule has 0 saturated carbocycles. The average Bonchev–Trinajstić information content (AvgIpc) is 2.16. The van der Waals surface area contributed by atoms with Crippen molar-refractivity contribution in [2.24, 2.45) is 5.14 Å². The van der Waals surface area contributed by atoms with Gasteiger partial charge in [-0.25, -0.2) is 19.0 Å². The van der Waals surface area contributed by atoms with E-state index in [9.17, 15) is 8.42 Å². The summed E-state index contributed by atoms with van der Waals surface area (Å²) < 4.78 is 22.0. The van der Waals surface area contributed by atoms with Gasteiger partial charge in [0.25, 0.3) is 0 Å². The Morgan fingerprint density at radius 1 is 1.36 bits per heavy atom. The van der Waals surface area contributed by atoms with Gasteiger partial charge in [-0.05, 0) is 24.3 Å². The zero-order valence-corrected chi connectivity index (χ0v) is 7.91. The van der Waals surface area contributed by atoms with Gasteiger partial charge in [-0.1, -0.05) is 0 Å². The molecule has 1 aromatic carbocycles. The fourth-order valence-corrected chi connectivity index (χ4v) is 1.70. The van der Waals surface area contributed by atoms with Crippen molar-refractivity contribution in [2.45, 2.75) is 4.90 Å². The summed E-state index contributed by atoms with van der Waals surface area (Å²) >= 11 is 0. The largest absolute Gasteiger partial charge is 0.382 e. The molecule has 3 N–H and O–H groups in total. The third kappa shape index (κ3) is 1.57. The van der Waals surface area contributed by atoms with Gasteiger partial charge in [0.1, 0.15) is 0 Å². The smallest absolute Gasteiger partial charge is 0.238 e. The Hall–Kier alpha value is -1.53. The topological polar surface area (TPSA) is 81.4 Å². The van der Waals surface area contributed by atoms with E-state index in [4.69, 9.17) is 9.98 Å². The van der Waals surface area contributed by atoms with Crippen molar-refractivity contribution in [1.82, 2.24) is 5.48 Å². The van der Waals surface area contributed by atoms with Crippen LogP contribution in [0.4, 0.5) is 0 Å². The molecule has 0 aromatic heterocycles. The summed E-state index contributed by atoms with van der Waals surface area (Å²) in [4.78, 5) is 5.09. The SMILES string of the molecule is NS(=O)(=O)c1ccc2c(c1)C=CNO2. The van der Waals surface area contributed by atoms with Crippen molar-refractivity contribution in [3.05, 3.63) is 30.0 Å². The van der Waals surface area contributed by atoms with Crippen LogP contribution in [-0.4, -0.2) is 8.42 Å². The zero-order valence-electron chi connectivity index (χ0n) is 7.10. The molecule has 1 aromatic rings. The average molecular weight is 212 g/mol. The second kappa shape index (κ2) is 3.00. The standard InChI is InChI=1S/C8H8N2O3S/c9-14(11,12)7-1-2-8-6(5-7)3-4-10-13-8/h1-5,10H,(H2,9,11,12). The first-order valence-corrected chi connectivity index (χ1v) is 5.38. The van der Waals surface area contributed by atoms with Crippen LogP contribution in [0.15, 0.2) is 29.3 Å². The molecular formula is C8H8N2O3S. The molecule has 1 aliphatic heterocycles. The van der Waals surface area contributed by atoms with Crippen molar-refractivity contribution in [1.29, 1.82) is 0 Å². The molecule has 0 amide bonds. The molecule has 0 radical (unpaired) electrons. The molecule has 0 atom stereocenters. The summed E-state index contributed by atoms with van der Waals surface area (Å²) in [6.07, 6.45) is 3.27. The van der Waals surface area contributed by atoms with Crippen molar-refractivity contribution in [2.75, 3.05) is 0 Å². The van der Waals surface area contributed by atoms with E-state index in [0.717, 1.165) is 0 Å². The van der Waals surface area contributed by atoms with Crippen LogP contribution in [-0.2, 0) is 10.0 Å². The van der Waals surface area contributed by atoms with E-state index in [1.807, 2.05) is 0 Å². The second-order valence-electron chi connectivity index (χ2n) is 2.80. The molecule has 0 spiro atoms. The number of hydroxylamine groups is 1. The minimum absolute atomic E-state index is 0.0754. The van der Waals surface area contributed by atoms with Crippen LogP contribution in [0, 0.1) is 0 Å². The Labute approximate surface area is 81.2 Å². The molecule has 0 unspecified atom stereocenters. The second-order valence-corrected chi connectivity index (χ2v) is 4.36. The minimum Gasteiger partial charge on any atom is -0.382 e. The number of hydrogen-bond donors (Lipinski definition) is 2. The van der Waals surface area contributed by atoms with Crippen LogP contribution in [0.3, 0.4) is 0 Å². The van der Waals surface area contributed by atoms with Crippen LogP contribution >= 0.6 is 0 Å². The van der Waals surface area contributed by atoms with Crippen molar-refractivity contribution >= 4 is 16.1 Å². The first kappa shape index (κ1) is 9.04. The molecule has 1 heterocycles. The molecule has 14 heavy (non-hydrogen) atoms. The number of primary sulfonamides is 1. The van der Waals surface area contributed by atoms with Crippen LogP contribution in [0.5, 0.6) is 5.75 Å². The third-order valence-corrected chi connectivity index (χ3v) is 2.72. The summed E-state index contributed by atoms with van der Waals surface area (Å²) in [5.41, 5.74) is 3.21. The zero-order chi connectivity index (χ0) is 10.2. The van der Waals surface area contributed by atoms with E-state index in [-0.39, 0.29) is 4.90 Å². The highest BCUT2D eigenvalue weighted by molar-refractivity contribution is 7.89. The lowest BCUT2D eigenvalue weighted by Gasteiger charge is -2.12. The van der Waals surface area contributed by atoms with Gasteiger partial charge in [-0.3, -0.25) is 0 Å². The molecule has 0 fully saturated rings. The highest BCUT2D eigenvalue weighted by atomic mass is 32.2. The third-order valence-electron chi connectivity index (χ3n) is 1.81. The maximum absolute atomic E-state index is 11.0. The Morgan fingerprint density at radius 3 is 2.86 bits per heavy atom. The number of fused-ring (bicyclic) bond motifs is 1. The summed E-state index contributed by atoms with van der Waals surface area (Å²) in [6, 6.07) is 4.41. The van der Waals surface area contributed by atoms with Crippen LogP contribution in [0.25, 0.3) is 6.08 Å². The lowest BCUT2D eigenvalue weighted by atomic mass is 10.2. The van der Waals surface area contributed by atoms with Crippen molar-refractivity contribution in [3.63, 3.8) is 0 Å². The van der Waals surface area contributed by atoms with E-state index >= 15 is 0 Å². The number of sulfonamides is 1. The van der Waals surface area contributed by atoms with E-state index in [0.29, 0.717) is 11.3 Å². The Morgan fingerprint density at radius 2 is 2.14 bits per heavy atom. The van der Waals surface area contributed by atoms with Crippen LogP contribution in [0.2, 0.25) is 0 Å². The summed E-state index contributed by atoms with van der Waals surface area (Å²) in [7, 11) is -3.65. The summed E-state index contributed by atoms with van der Waals surface area (Å²) in [5, 5.41) is 4.98. The molecule has 5 nitrogen and oxygen atoms in total. The van der Waals surface area contributed by atoms with Gasteiger partial charge < -0.3 is 4.84 Å². The molecule has 0 aliphatic carbocycles. The van der Waals surface area contributed by atoms with E-state index in [1.54, 1.807) is 18.3 Å². The monoisotopic (exact) mass is 212 g/mol. The fraction of sp³-hybridized carbons (Fsp3) is 0. The minimum atomic E-state index is -3.65. The van der Waals surface area contributed by atoms with Gasteiger partial charge in [0.05, 0.1) is 4.90 Å². The number of nitrogens with two attached hydrogens (primary N) is 1. The molecular weight excluding hydrogens is 204 g/mol. The Bertz CT molecular complexity index is 493. The predicted molar refractivity (Wildman–Crippen MR) is 50.6 cm³/mol. The van der Waals surface area contributed by atoms with Gasteiger partial charge >= 0.3 is 0 Å². The lowest BCUT2D eigenvalue weighted by Crippen LogP contribution is -2.16. The lowest BCUT2D eigenvalue weighted by molar-refractivity contribution is 0.239. The fourth-order valence-electron chi connectivity index (χ4n) is 1.15. The van der Waals surface area contributed by atoms with Gasteiger partial charge in [-0.15, -0.1) is 0 Å². The maximum Gasteiger partial charge on any atom is 0.238 e. The first-order valence-electron chi connectivity index (χ1n) is 3.83. The normalized spacial score (nSPS) is 14.1. The number of rotatable bonds is 1. The molecule has 2 rings (SSSR count). The van der Waals surface area contributed by atoms with Crippen molar-refractivity contribution in [3.8, 4) is 5.75 Å². The van der Waals surface area contributed by atoms with Crippen molar-refractivity contribution < 1.29 is 13.3 Å². The molecule has 6 heteroatoms. The van der Waals surface area contributed by atoms with E-state index < -0.39 is 10.0 Å². The molecule has 0 bridgehead atoms. The Balaban J connectivity index is 2.56. The molecule has 0 saturated heterocycles. The first-order chi connectivity index (χ1) is 6.57. The summed E-state index contributed by atoms with van der Waals surface area (Å²) in [5.74, 6) is 0.569. The molecule has 1 aliphatic rings.